The van der Waals surface area contributed by atoms with Gasteiger partial charge < -0.3 is 29.7 Å². The molecule has 3 N–H and O–H groups in total. The Morgan fingerprint density at radius 3 is 2.53 bits per heavy atom. The molecule has 4 atom stereocenters. The van der Waals surface area contributed by atoms with E-state index in [1.807, 2.05) is 23.9 Å². The fourth-order valence-corrected chi connectivity index (χ4v) is 10.4. The molecule has 1 aliphatic carbocycles. The van der Waals surface area contributed by atoms with Gasteiger partial charge in [-0.1, -0.05) is 23.7 Å². The Morgan fingerprint density at radius 2 is 1.77 bits per heavy atom. The molecule has 0 bridgehead atoms. The van der Waals surface area contributed by atoms with Crippen molar-refractivity contribution in [3.8, 4) is 5.75 Å². The van der Waals surface area contributed by atoms with Crippen LogP contribution < -0.4 is 31.1 Å². The van der Waals surface area contributed by atoms with Crippen LogP contribution in [-0.2, 0) is 23.7 Å². The Balaban J connectivity index is 0.774. The average Bonchev–Trinajstić information content (AvgIpc) is 4.06. The molecule has 3 aromatic heterocycles. The minimum Gasteiger partial charge on any atom is -0.480 e. The molecule has 0 spiro atoms. The molecule has 5 aliphatic rings. The van der Waals surface area contributed by atoms with E-state index in [4.69, 9.17) is 26.4 Å². The van der Waals surface area contributed by atoms with Gasteiger partial charge in [-0.25, -0.2) is 13.8 Å². The number of benzene rings is 2. The molecule has 10 rings (SSSR count). The molecule has 1 saturated carbocycles. The van der Waals surface area contributed by atoms with Gasteiger partial charge in [0.15, 0.2) is 12.4 Å². The van der Waals surface area contributed by atoms with Gasteiger partial charge in [0.05, 0.1) is 40.6 Å². The Hall–Kier alpha value is -5.35. The van der Waals surface area contributed by atoms with Gasteiger partial charge in [0.25, 0.3) is 5.56 Å². The summed E-state index contributed by atoms with van der Waals surface area (Å²) in [6.07, 6.45) is 7.97. The van der Waals surface area contributed by atoms with Gasteiger partial charge in [-0.15, -0.1) is 0 Å². The number of halogens is 3. The van der Waals surface area contributed by atoms with Crippen molar-refractivity contribution in [2.24, 2.45) is 25.9 Å². The predicted molar refractivity (Wildman–Crippen MR) is 234 cm³/mol. The lowest BCUT2D eigenvalue weighted by Crippen LogP contribution is -2.45. The summed E-state index contributed by atoms with van der Waals surface area (Å²) in [6.45, 7) is 5.18. The number of carbonyl (C=O) groups is 2. The maximum Gasteiger partial charge on any atom is 0.301 e. The highest BCUT2D eigenvalue weighted by Crippen LogP contribution is 2.46. The number of anilines is 4. The zero-order chi connectivity index (χ0) is 43.0. The first-order valence-corrected chi connectivity index (χ1v) is 22.2. The van der Waals surface area contributed by atoms with Crippen LogP contribution in [0.1, 0.15) is 81.4 Å². The molecule has 4 aliphatic heterocycles. The number of aryl methyl sites for hydroxylation is 2. The lowest BCUT2D eigenvalue weighted by Gasteiger charge is -2.41. The summed E-state index contributed by atoms with van der Waals surface area (Å²) in [4.78, 5) is 51.9. The second-order valence-electron chi connectivity index (χ2n) is 18.1. The number of amides is 2. The Kier molecular flexibility index (Phi) is 10.4. The van der Waals surface area contributed by atoms with Crippen LogP contribution in [0.25, 0.3) is 21.8 Å². The Morgan fingerprint density at radius 1 is 0.968 bits per heavy atom. The number of piperidine rings is 3. The molecule has 0 radical (unpaired) electrons. The molecule has 5 aromatic rings. The first kappa shape index (κ1) is 40.7. The van der Waals surface area contributed by atoms with Gasteiger partial charge in [0, 0.05) is 62.7 Å². The Labute approximate surface area is 362 Å². The number of nitrogens with one attached hydrogen (secondary N) is 3. The van der Waals surface area contributed by atoms with E-state index in [-0.39, 0.29) is 29.2 Å². The first-order valence-electron chi connectivity index (χ1n) is 21.8. The van der Waals surface area contributed by atoms with Gasteiger partial charge in [0.2, 0.25) is 23.5 Å². The SMILES string of the molecule is C[C@@H]1CC(c2ccc3c(C4CCC(=O)NC4=O)nn(C)c3c2)CCN1CC1CCN(c2ncc(Cl)c(Nc3ccc4c(c3)c3c(c(=O)n4C)OCC(F)(F)[C@H](C4CC4)N3)n2)CC1. The number of pyridine rings is 1. The van der Waals surface area contributed by atoms with E-state index in [1.54, 1.807) is 19.3 Å². The van der Waals surface area contributed by atoms with E-state index in [0.717, 1.165) is 68.5 Å². The van der Waals surface area contributed by atoms with E-state index >= 15 is 8.78 Å². The summed E-state index contributed by atoms with van der Waals surface area (Å²) < 4.78 is 39.2. The van der Waals surface area contributed by atoms with E-state index < -0.39 is 30.0 Å². The van der Waals surface area contributed by atoms with Gasteiger partial charge >= 0.3 is 5.92 Å². The normalized spacial score (nSPS) is 24.6. The van der Waals surface area contributed by atoms with Crippen LogP contribution in [-0.4, -0.2) is 91.8 Å². The standard InChI is InChI=1S/C45H51ClF2N10O4/c1-24-18-28(27-6-8-30-35(19-27)56(3)54-37(30)31-9-11-36(59)51-42(31)60)14-17-58(24)22-25-12-15-57(16-13-25)44-49-21-33(46)41(53-44)50-29-7-10-34-32(20-29)38-39(43(61)55(34)2)62-23-45(47,48)40(52-38)26-4-5-26/h6-8,10,19-21,24-26,28,31,40,52H,4-5,9,11-18,22-23H2,1-3H3,(H,49,50,53)(H,51,59,60)/t24-,28?,31?,40+/m1/s1. The molecule has 2 unspecified atom stereocenters. The third-order valence-corrected chi connectivity index (χ3v) is 14.2. The molecular weight excluding hydrogens is 818 g/mol. The average molecular weight is 869 g/mol. The van der Waals surface area contributed by atoms with Crippen LogP contribution in [0, 0.1) is 11.8 Å². The number of fused-ring (bicyclic) bond motifs is 4. The van der Waals surface area contributed by atoms with Gasteiger partial charge in [-0.2, -0.15) is 10.1 Å². The summed E-state index contributed by atoms with van der Waals surface area (Å²) in [5, 5.41) is 15.5. The second-order valence-corrected chi connectivity index (χ2v) is 18.5. The first-order chi connectivity index (χ1) is 29.8. The number of likely N-dealkylation sites (tertiary alicyclic amines) is 1. The Bertz CT molecular complexity index is 2660. The molecule has 7 heterocycles. The van der Waals surface area contributed by atoms with Crippen molar-refractivity contribution < 1.29 is 23.1 Å². The number of carbonyl (C=O) groups excluding carboxylic acids is 2. The second kappa shape index (κ2) is 15.8. The van der Waals surface area contributed by atoms with Crippen LogP contribution in [0.5, 0.6) is 5.75 Å². The predicted octanol–water partition coefficient (Wildman–Crippen LogP) is 6.84. The topological polar surface area (TPSA) is 152 Å². The largest absolute Gasteiger partial charge is 0.480 e. The molecule has 17 heteroatoms. The molecule has 4 fully saturated rings. The van der Waals surface area contributed by atoms with Crippen LogP contribution in [0.15, 0.2) is 47.4 Å². The highest BCUT2D eigenvalue weighted by atomic mass is 35.5. The van der Waals surface area contributed by atoms with E-state index in [2.05, 4.69) is 55.9 Å². The van der Waals surface area contributed by atoms with Crippen LogP contribution in [0.2, 0.25) is 5.02 Å². The van der Waals surface area contributed by atoms with Crippen molar-refractivity contribution in [1.82, 2.24) is 34.5 Å². The van der Waals surface area contributed by atoms with Crippen LogP contribution >= 0.6 is 11.6 Å². The van der Waals surface area contributed by atoms with Gasteiger partial charge in [-0.05, 0) is 106 Å². The third kappa shape index (κ3) is 7.52. The maximum absolute atomic E-state index is 15.2. The van der Waals surface area contributed by atoms with E-state index in [0.29, 0.717) is 76.9 Å². The minimum atomic E-state index is -3.13. The number of aromatic nitrogens is 5. The number of ether oxygens (including phenoxy) is 1. The lowest BCUT2D eigenvalue weighted by molar-refractivity contribution is -0.134. The third-order valence-electron chi connectivity index (χ3n) is 14.0. The van der Waals surface area contributed by atoms with Crippen LogP contribution in [0.4, 0.5) is 31.9 Å². The molecule has 3 saturated heterocycles. The molecule has 2 aromatic carbocycles. The highest BCUT2D eigenvalue weighted by Gasteiger charge is 2.51. The molecule has 62 heavy (non-hydrogen) atoms. The summed E-state index contributed by atoms with van der Waals surface area (Å²) in [6, 6.07) is 11.3. The van der Waals surface area contributed by atoms with Crippen molar-refractivity contribution in [3.05, 3.63) is 69.2 Å². The fraction of sp³-hybridized carbons (Fsp3) is 0.511. The number of alkyl halides is 2. The summed E-state index contributed by atoms with van der Waals surface area (Å²) in [5.74, 6) is -2.33. The van der Waals surface area contributed by atoms with E-state index in [1.165, 1.54) is 10.1 Å². The minimum absolute atomic E-state index is 0.103. The molecule has 2 amide bonds. The summed E-state index contributed by atoms with van der Waals surface area (Å²) in [7, 11) is 3.53. The lowest BCUT2D eigenvalue weighted by atomic mass is 9.84. The number of nitrogens with zero attached hydrogens (tertiary/aromatic N) is 7. The van der Waals surface area contributed by atoms with E-state index in [9.17, 15) is 14.4 Å². The monoisotopic (exact) mass is 868 g/mol. The van der Waals surface area contributed by atoms with Crippen molar-refractivity contribution in [1.29, 1.82) is 0 Å². The van der Waals surface area contributed by atoms with Gasteiger partial charge in [0.1, 0.15) is 5.02 Å². The number of imide groups is 1. The van der Waals surface area contributed by atoms with Crippen molar-refractivity contribution in [2.75, 3.05) is 48.3 Å². The molecular formula is C45H51ClF2N10O4. The van der Waals surface area contributed by atoms with Crippen molar-refractivity contribution in [3.63, 3.8) is 0 Å². The van der Waals surface area contributed by atoms with Crippen LogP contribution in [0.3, 0.4) is 0 Å². The quantitative estimate of drug-likeness (QED) is 0.141. The fourth-order valence-electron chi connectivity index (χ4n) is 10.2. The van der Waals surface area contributed by atoms with Crippen molar-refractivity contribution >= 4 is 68.4 Å². The summed E-state index contributed by atoms with van der Waals surface area (Å²) >= 11 is 6.65. The van der Waals surface area contributed by atoms with Gasteiger partial charge in [-0.3, -0.25) is 24.4 Å². The zero-order valence-electron chi connectivity index (χ0n) is 35.1. The summed E-state index contributed by atoms with van der Waals surface area (Å²) in [5.41, 5.74) is 4.07. The maximum atomic E-state index is 15.2. The molecule has 326 valence electrons. The molecule has 14 nitrogen and oxygen atoms in total. The zero-order valence-corrected chi connectivity index (χ0v) is 35.9. The van der Waals surface area contributed by atoms with Crippen molar-refractivity contribution in [2.45, 2.75) is 88.1 Å². The number of rotatable bonds is 8. The number of hydrogen-bond donors (Lipinski definition) is 3. The number of hydrogen-bond acceptors (Lipinski definition) is 11. The smallest absolute Gasteiger partial charge is 0.301 e. The highest BCUT2D eigenvalue weighted by molar-refractivity contribution is 6.33.